The first kappa shape index (κ1) is 18.1. The molecule has 0 aromatic carbocycles. The zero-order chi connectivity index (χ0) is 15.8. The Morgan fingerprint density at radius 3 is 2.35 bits per heavy atom. The maximum absolute atomic E-state index is 12.3. The van der Waals surface area contributed by atoms with Crippen molar-refractivity contribution in [3.05, 3.63) is 11.8 Å². The summed E-state index contributed by atoms with van der Waals surface area (Å²) in [6.07, 6.45) is 3.82. The molecule has 0 spiro atoms. The van der Waals surface area contributed by atoms with Crippen molar-refractivity contribution in [1.29, 1.82) is 0 Å². The second-order valence-corrected chi connectivity index (χ2v) is 10.2. The normalized spacial score (nSPS) is 30.9. The van der Waals surface area contributed by atoms with Gasteiger partial charge in [-0.1, -0.05) is 43.4 Å². The summed E-state index contributed by atoms with van der Waals surface area (Å²) in [6.45, 7) is 5.80. The van der Waals surface area contributed by atoms with E-state index in [0.29, 0.717) is 6.42 Å². The number of allylic oxidation sites excluding steroid dienone is 2. The average Bonchev–Trinajstić information content (AvgIpc) is 2.09. The van der Waals surface area contributed by atoms with Gasteiger partial charge in [0.25, 0.3) is 0 Å². The Kier molecular flexibility index (Phi) is 5.11. The molecule has 0 N–H and O–H groups in total. The Morgan fingerprint density at radius 2 is 1.85 bits per heavy atom. The van der Waals surface area contributed by atoms with Crippen LogP contribution < -0.4 is 0 Å². The molecule has 0 amide bonds. The molecule has 0 bridgehead atoms. The second kappa shape index (κ2) is 5.66. The lowest BCUT2D eigenvalue weighted by molar-refractivity contribution is -0.0524. The fraction of sp³-hybridized carbons (Fsp3) is 0.833. The van der Waals surface area contributed by atoms with Crippen LogP contribution in [0.2, 0.25) is 0 Å². The van der Waals surface area contributed by atoms with E-state index in [2.05, 4.69) is 33.7 Å². The second-order valence-electron chi connectivity index (χ2n) is 6.03. The van der Waals surface area contributed by atoms with Gasteiger partial charge in [0, 0.05) is 9.84 Å². The van der Waals surface area contributed by atoms with Crippen LogP contribution in [0.4, 0.5) is 13.2 Å². The third-order valence-electron chi connectivity index (χ3n) is 3.00. The van der Waals surface area contributed by atoms with E-state index in [1.54, 1.807) is 0 Å². The first-order valence-electron chi connectivity index (χ1n) is 6.16. The molecule has 0 fully saturated rings. The van der Waals surface area contributed by atoms with E-state index >= 15 is 0 Å². The van der Waals surface area contributed by atoms with Gasteiger partial charge in [0.15, 0.2) is 0 Å². The Morgan fingerprint density at radius 1 is 1.30 bits per heavy atom. The summed E-state index contributed by atoms with van der Waals surface area (Å²) in [4.78, 5) is 0. The molecule has 8 heteroatoms. The molecule has 0 saturated heterocycles. The van der Waals surface area contributed by atoms with Crippen LogP contribution in [0.1, 0.15) is 46.5 Å². The average molecular weight is 426 g/mol. The molecule has 1 rings (SSSR count). The summed E-state index contributed by atoms with van der Waals surface area (Å²) < 4.78 is 63.5. The van der Waals surface area contributed by atoms with E-state index < -0.39 is 21.0 Å². The van der Waals surface area contributed by atoms with Gasteiger partial charge >= 0.3 is 15.6 Å². The summed E-state index contributed by atoms with van der Waals surface area (Å²) in [7, 11) is -5.57. The highest BCUT2D eigenvalue weighted by Gasteiger charge is 2.49. The van der Waals surface area contributed by atoms with E-state index in [9.17, 15) is 21.6 Å². The van der Waals surface area contributed by atoms with Gasteiger partial charge in [0.05, 0.1) is 0 Å². The molecule has 1 unspecified atom stereocenters. The lowest BCUT2D eigenvalue weighted by atomic mass is 9.79. The molecule has 20 heavy (non-hydrogen) atoms. The van der Waals surface area contributed by atoms with Gasteiger partial charge in [-0.15, -0.1) is 0 Å². The van der Waals surface area contributed by atoms with Crippen LogP contribution in [0.3, 0.4) is 0 Å². The molecule has 3 nitrogen and oxygen atoms in total. The number of hydrogen-bond acceptors (Lipinski definition) is 3. The van der Waals surface area contributed by atoms with Crippen LogP contribution in [0.25, 0.3) is 0 Å². The molecule has 0 heterocycles. The molecule has 0 aliphatic heterocycles. The number of alkyl halides is 4. The number of rotatable bonds is 2. The molecule has 1 aliphatic rings. The Hall–Kier alpha value is 0.01000. The Bertz CT molecular complexity index is 493. The minimum atomic E-state index is -5.57. The summed E-state index contributed by atoms with van der Waals surface area (Å²) in [5, 5.41) is 0. The smallest absolute Gasteiger partial charge is 0.381 e. The highest BCUT2D eigenvalue weighted by molar-refractivity contribution is 14.1. The lowest BCUT2D eigenvalue weighted by Gasteiger charge is -2.34. The highest BCUT2D eigenvalue weighted by Crippen LogP contribution is 2.42. The maximum Gasteiger partial charge on any atom is 0.534 e. The van der Waals surface area contributed by atoms with Crippen molar-refractivity contribution in [3.63, 3.8) is 0 Å². The van der Waals surface area contributed by atoms with Gasteiger partial charge in [-0.2, -0.15) is 21.6 Å². The Labute approximate surface area is 131 Å². The fourth-order valence-corrected chi connectivity index (χ4v) is 4.35. The monoisotopic (exact) mass is 426 g/mol. The predicted molar refractivity (Wildman–Crippen MR) is 78.8 cm³/mol. The van der Waals surface area contributed by atoms with E-state index in [0.717, 1.165) is 12.8 Å². The third kappa shape index (κ3) is 5.09. The van der Waals surface area contributed by atoms with E-state index in [-0.39, 0.29) is 15.6 Å². The topological polar surface area (TPSA) is 43.4 Å². The fourth-order valence-electron chi connectivity index (χ4n) is 2.48. The number of hydrogen-bond donors (Lipinski definition) is 0. The highest BCUT2D eigenvalue weighted by atomic mass is 127. The molecule has 0 aromatic rings. The van der Waals surface area contributed by atoms with Crippen LogP contribution in [0.5, 0.6) is 0 Å². The first-order chi connectivity index (χ1) is 8.74. The van der Waals surface area contributed by atoms with Crippen molar-refractivity contribution < 1.29 is 25.8 Å². The van der Waals surface area contributed by atoms with Crippen molar-refractivity contribution in [2.24, 2.45) is 5.41 Å². The SMILES string of the molecule is CC1(C)/C=C(/OS(=O)(=O)C(F)(F)F)CCCC(C)(I)C1. The third-order valence-corrected chi connectivity index (χ3v) is 4.92. The minimum absolute atomic E-state index is 0.0339. The van der Waals surface area contributed by atoms with E-state index in [1.165, 1.54) is 6.08 Å². The van der Waals surface area contributed by atoms with Crippen LogP contribution >= 0.6 is 22.6 Å². The molecular formula is C12H18F3IO3S. The van der Waals surface area contributed by atoms with Crippen molar-refractivity contribution in [1.82, 2.24) is 0 Å². The van der Waals surface area contributed by atoms with Crippen molar-refractivity contribution in [3.8, 4) is 0 Å². The predicted octanol–water partition coefficient (Wildman–Crippen LogP) is 4.53. The molecule has 1 atom stereocenters. The zero-order valence-electron chi connectivity index (χ0n) is 11.6. The zero-order valence-corrected chi connectivity index (χ0v) is 14.5. The summed E-state index contributed by atoms with van der Waals surface area (Å²) in [6, 6.07) is 0. The number of halogens is 4. The van der Waals surface area contributed by atoms with Crippen molar-refractivity contribution in [2.75, 3.05) is 0 Å². The molecule has 1 aliphatic carbocycles. The van der Waals surface area contributed by atoms with Gasteiger partial charge in [-0.05, 0) is 30.8 Å². The largest absolute Gasteiger partial charge is 0.534 e. The summed E-state index contributed by atoms with van der Waals surface area (Å²) in [5.41, 5.74) is -5.81. The quantitative estimate of drug-likeness (QED) is 0.282. The lowest BCUT2D eigenvalue weighted by Crippen LogP contribution is -2.29. The van der Waals surface area contributed by atoms with Gasteiger partial charge < -0.3 is 4.18 Å². The van der Waals surface area contributed by atoms with Crippen LogP contribution in [-0.2, 0) is 14.3 Å². The maximum atomic E-state index is 12.3. The molecule has 0 saturated carbocycles. The summed E-state index contributed by atoms with van der Waals surface area (Å²) in [5.74, 6) is -0.112. The van der Waals surface area contributed by atoms with Crippen molar-refractivity contribution in [2.45, 2.75) is 55.4 Å². The van der Waals surface area contributed by atoms with Crippen LogP contribution in [0.15, 0.2) is 11.8 Å². The standard InChI is InChI=1S/C12H18F3IO3S/c1-10(2)7-9(5-4-6-11(3,16)8-10)19-20(17,18)12(13,14)15/h7H,4-6,8H2,1-3H3/b9-7+. The molecule has 0 aromatic heterocycles. The van der Waals surface area contributed by atoms with Crippen molar-refractivity contribution >= 4 is 32.7 Å². The Balaban J connectivity index is 3.02. The van der Waals surface area contributed by atoms with Gasteiger partial charge in [0.1, 0.15) is 5.76 Å². The van der Waals surface area contributed by atoms with Gasteiger partial charge in [-0.3, -0.25) is 0 Å². The summed E-state index contributed by atoms with van der Waals surface area (Å²) >= 11 is 2.34. The van der Waals surface area contributed by atoms with E-state index in [1.807, 2.05) is 13.8 Å². The first-order valence-corrected chi connectivity index (χ1v) is 8.64. The van der Waals surface area contributed by atoms with Crippen LogP contribution in [-0.4, -0.2) is 17.3 Å². The van der Waals surface area contributed by atoms with E-state index in [4.69, 9.17) is 0 Å². The molecular weight excluding hydrogens is 408 g/mol. The molecule has 0 radical (unpaired) electrons. The van der Waals surface area contributed by atoms with Gasteiger partial charge in [-0.25, -0.2) is 0 Å². The molecule has 118 valence electrons. The minimum Gasteiger partial charge on any atom is -0.381 e. The van der Waals surface area contributed by atoms with Gasteiger partial charge in [0.2, 0.25) is 0 Å². The van der Waals surface area contributed by atoms with Crippen LogP contribution in [0, 0.1) is 5.41 Å².